The van der Waals surface area contributed by atoms with Crippen molar-refractivity contribution in [2.45, 2.75) is 19.5 Å². The van der Waals surface area contributed by atoms with Crippen LogP contribution >= 0.6 is 0 Å². The quantitative estimate of drug-likeness (QED) is 0.839. The molecule has 0 aliphatic heterocycles. The lowest BCUT2D eigenvalue weighted by atomic mass is 10.1. The molecule has 1 unspecified atom stereocenters. The SMILES string of the molecule is CCCOc1ccc(OCC(C(=O)O)C(F)(F)F)cc1. The molecule has 0 radical (unpaired) electrons. The van der Waals surface area contributed by atoms with E-state index in [0.717, 1.165) is 6.42 Å². The number of alkyl halides is 3. The van der Waals surface area contributed by atoms with E-state index in [0.29, 0.717) is 12.4 Å². The van der Waals surface area contributed by atoms with Crippen LogP contribution in [0.25, 0.3) is 0 Å². The topological polar surface area (TPSA) is 55.8 Å². The fourth-order valence-corrected chi connectivity index (χ4v) is 1.34. The Hall–Kier alpha value is -1.92. The van der Waals surface area contributed by atoms with Gasteiger partial charge < -0.3 is 14.6 Å². The average molecular weight is 292 g/mol. The summed E-state index contributed by atoms with van der Waals surface area (Å²) in [6.45, 7) is 1.52. The van der Waals surface area contributed by atoms with Crippen molar-refractivity contribution in [2.24, 2.45) is 5.92 Å². The van der Waals surface area contributed by atoms with Gasteiger partial charge in [-0.3, -0.25) is 4.79 Å². The highest BCUT2D eigenvalue weighted by Crippen LogP contribution is 2.27. The Balaban J connectivity index is 2.58. The largest absolute Gasteiger partial charge is 0.494 e. The number of aliphatic carboxylic acids is 1. The first-order chi connectivity index (χ1) is 9.34. The summed E-state index contributed by atoms with van der Waals surface area (Å²) in [6, 6.07) is 5.96. The first-order valence-electron chi connectivity index (χ1n) is 5.99. The number of carboxylic acids is 1. The molecule has 112 valence electrons. The van der Waals surface area contributed by atoms with Gasteiger partial charge in [0.2, 0.25) is 0 Å². The summed E-state index contributed by atoms with van der Waals surface area (Å²) in [5.41, 5.74) is 0. The Labute approximate surface area is 114 Å². The van der Waals surface area contributed by atoms with Gasteiger partial charge in [0.15, 0.2) is 5.92 Å². The minimum atomic E-state index is -4.84. The smallest absolute Gasteiger partial charge is 0.405 e. The molecule has 0 amide bonds. The van der Waals surface area contributed by atoms with Crippen molar-refractivity contribution in [3.8, 4) is 11.5 Å². The predicted molar refractivity (Wildman–Crippen MR) is 64.9 cm³/mol. The van der Waals surface area contributed by atoms with Gasteiger partial charge in [0, 0.05) is 0 Å². The molecular formula is C13H15F3O4. The second-order valence-corrected chi connectivity index (χ2v) is 4.06. The summed E-state index contributed by atoms with van der Waals surface area (Å²) in [5, 5.41) is 8.51. The van der Waals surface area contributed by atoms with Crippen LogP contribution in [0.5, 0.6) is 11.5 Å². The van der Waals surface area contributed by atoms with Crippen molar-refractivity contribution < 1.29 is 32.5 Å². The van der Waals surface area contributed by atoms with Gasteiger partial charge in [-0.1, -0.05) is 6.92 Å². The van der Waals surface area contributed by atoms with E-state index in [2.05, 4.69) is 0 Å². The van der Waals surface area contributed by atoms with Gasteiger partial charge in [0.25, 0.3) is 0 Å². The number of carboxylic acid groups (broad SMARTS) is 1. The molecule has 0 spiro atoms. The molecule has 0 fully saturated rings. The van der Waals surface area contributed by atoms with Gasteiger partial charge in [0.1, 0.15) is 18.1 Å². The number of hydrogen-bond donors (Lipinski definition) is 1. The van der Waals surface area contributed by atoms with Crippen LogP contribution in [0.4, 0.5) is 13.2 Å². The van der Waals surface area contributed by atoms with E-state index < -0.39 is 24.7 Å². The molecule has 20 heavy (non-hydrogen) atoms. The van der Waals surface area contributed by atoms with Crippen LogP contribution in [0.1, 0.15) is 13.3 Å². The standard InChI is InChI=1S/C13H15F3O4/c1-2-7-19-9-3-5-10(6-4-9)20-8-11(12(17)18)13(14,15)16/h3-6,11H,2,7-8H2,1H3,(H,17,18). The summed E-state index contributed by atoms with van der Waals surface area (Å²) in [6.07, 6.45) is -4.00. The summed E-state index contributed by atoms with van der Waals surface area (Å²) in [5.74, 6) is -3.77. The minimum absolute atomic E-state index is 0.157. The molecule has 7 heteroatoms. The van der Waals surface area contributed by atoms with Crippen molar-refractivity contribution in [1.29, 1.82) is 0 Å². The Morgan fingerprint density at radius 2 is 1.70 bits per heavy atom. The summed E-state index contributed by atoms with van der Waals surface area (Å²) >= 11 is 0. The third-order valence-electron chi connectivity index (χ3n) is 2.41. The zero-order chi connectivity index (χ0) is 15.2. The summed E-state index contributed by atoms with van der Waals surface area (Å²) in [4.78, 5) is 10.5. The van der Waals surface area contributed by atoms with Gasteiger partial charge >= 0.3 is 12.1 Å². The van der Waals surface area contributed by atoms with Gasteiger partial charge in [-0.2, -0.15) is 13.2 Å². The Kier molecular flexibility index (Phi) is 5.66. The molecule has 1 atom stereocenters. The Morgan fingerprint density at radius 3 is 2.10 bits per heavy atom. The van der Waals surface area contributed by atoms with E-state index in [-0.39, 0.29) is 5.75 Å². The monoisotopic (exact) mass is 292 g/mol. The van der Waals surface area contributed by atoms with Crippen LogP contribution in [-0.4, -0.2) is 30.5 Å². The predicted octanol–water partition coefficient (Wildman–Crippen LogP) is 3.12. The average Bonchev–Trinajstić information content (AvgIpc) is 2.36. The van der Waals surface area contributed by atoms with Gasteiger partial charge in [-0.25, -0.2) is 0 Å². The lowest BCUT2D eigenvalue weighted by Gasteiger charge is -2.16. The van der Waals surface area contributed by atoms with E-state index in [1.807, 2.05) is 6.92 Å². The molecule has 1 rings (SSSR count). The van der Waals surface area contributed by atoms with Crippen LogP contribution in [0.2, 0.25) is 0 Å². The second kappa shape index (κ2) is 7.02. The van der Waals surface area contributed by atoms with E-state index >= 15 is 0 Å². The zero-order valence-electron chi connectivity index (χ0n) is 10.8. The van der Waals surface area contributed by atoms with Crippen LogP contribution in [-0.2, 0) is 4.79 Å². The van der Waals surface area contributed by atoms with Crippen molar-refractivity contribution in [1.82, 2.24) is 0 Å². The number of ether oxygens (including phenoxy) is 2. The molecule has 4 nitrogen and oxygen atoms in total. The van der Waals surface area contributed by atoms with Crippen LogP contribution in [0.15, 0.2) is 24.3 Å². The molecule has 0 aromatic heterocycles. The minimum Gasteiger partial charge on any atom is -0.494 e. The number of halogens is 3. The molecule has 0 aliphatic carbocycles. The van der Waals surface area contributed by atoms with Gasteiger partial charge in [-0.05, 0) is 30.7 Å². The molecule has 1 aromatic carbocycles. The van der Waals surface area contributed by atoms with Crippen molar-refractivity contribution in [2.75, 3.05) is 13.2 Å². The highest BCUT2D eigenvalue weighted by molar-refractivity contribution is 5.71. The summed E-state index contributed by atoms with van der Waals surface area (Å²) in [7, 11) is 0. The zero-order valence-corrected chi connectivity index (χ0v) is 10.8. The third-order valence-corrected chi connectivity index (χ3v) is 2.41. The highest BCUT2D eigenvalue weighted by Gasteiger charge is 2.45. The molecule has 1 aromatic rings. The molecule has 0 saturated carbocycles. The van der Waals surface area contributed by atoms with Crippen molar-refractivity contribution in [3.05, 3.63) is 24.3 Å². The van der Waals surface area contributed by atoms with E-state index in [9.17, 15) is 18.0 Å². The van der Waals surface area contributed by atoms with Crippen LogP contribution < -0.4 is 9.47 Å². The first kappa shape index (κ1) is 16.1. The number of carbonyl (C=O) groups is 1. The second-order valence-electron chi connectivity index (χ2n) is 4.06. The number of benzene rings is 1. The van der Waals surface area contributed by atoms with Gasteiger partial charge in [-0.15, -0.1) is 0 Å². The van der Waals surface area contributed by atoms with E-state index in [4.69, 9.17) is 14.6 Å². The number of hydrogen-bond acceptors (Lipinski definition) is 3. The van der Waals surface area contributed by atoms with E-state index in [1.165, 1.54) is 12.1 Å². The maximum atomic E-state index is 12.4. The Morgan fingerprint density at radius 1 is 1.20 bits per heavy atom. The Bertz CT molecular complexity index is 428. The van der Waals surface area contributed by atoms with Crippen LogP contribution in [0, 0.1) is 5.92 Å². The molecule has 0 bridgehead atoms. The molecule has 0 saturated heterocycles. The lowest BCUT2D eigenvalue weighted by Crippen LogP contribution is -2.35. The maximum Gasteiger partial charge on any atom is 0.405 e. The van der Waals surface area contributed by atoms with E-state index in [1.54, 1.807) is 12.1 Å². The van der Waals surface area contributed by atoms with Crippen LogP contribution in [0.3, 0.4) is 0 Å². The third kappa shape index (κ3) is 4.99. The maximum absolute atomic E-state index is 12.4. The fraction of sp³-hybridized carbons (Fsp3) is 0.462. The lowest BCUT2D eigenvalue weighted by molar-refractivity contribution is -0.198. The number of rotatable bonds is 7. The van der Waals surface area contributed by atoms with Crippen molar-refractivity contribution in [3.63, 3.8) is 0 Å². The molecule has 1 N–H and O–H groups in total. The molecule has 0 heterocycles. The van der Waals surface area contributed by atoms with Gasteiger partial charge in [0.05, 0.1) is 6.61 Å². The highest BCUT2D eigenvalue weighted by atomic mass is 19.4. The molecule has 0 aliphatic rings. The normalized spacial score (nSPS) is 12.8. The molecular weight excluding hydrogens is 277 g/mol. The van der Waals surface area contributed by atoms with Crippen molar-refractivity contribution >= 4 is 5.97 Å². The fourth-order valence-electron chi connectivity index (χ4n) is 1.34. The first-order valence-corrected chi connectivity index (χ1v) is 5.99. The summed E-state index contributed by atoms with van der Waals surface area (Å²) < 4.78 is 47.3.